The summed E-state index contributed by atoms with van der Waals surface area (Å²) in [5.41, 5.74) is 6.06. The van der Waals surface area contributed by atoms with Gasteiger partial charge in [-0.15, -0.1) is 0 Å². The number of ether oxygens (including phenoxy) is 1. The molecular formula is C10H16N4O2. The summed E-state index contributed by atoms with van der Waals surface area (Å²) in [5.74, 6) is 0.600. The number of nitrogens with one attached hydrogen (secondary N) is 1. The van der Waals surface area contributed by atoms with E-state index in [1.807, 2.05) is 19.9 Å². The van der Waals surface area contributed by atoms with Crippen molar-refractivity contribution in [2.45, 2.75) is 20.0 Å². The normalized spacial score (nSPS) is 11.6. The first-order chi connectivity index (χ1) is 7.63. The Labute approximate surface area is 94.1 Å². The second-order valence-corrected chi connectivity index (χ2v) is 3.47. The van der Waals surface area contributed by atoms with E-state index in [0.717, 1.165) is 0 Å². The quantitative estimate of drug-likeness (QED) is 0.300. The number of aromatic nitrogens is 1. The van der Waals surface area contributed by atoms with Crippen molar-refractivity contribution >= 4 is 11.5 Å². The molecule has 0 atom stereocenters. The van der Waals surface area contributed by atoms with Crippen LogP contribution in [0.1, 0.15) is 13.8 Å². The van der Waals surface area contributed by atoms with E-state index >= 15 is 0 Å². The van der Waals surface area contributed by atoms with Crippen molar-refractivity contribution in [2.24, 2.45) is 10.9 Å². The van der Waals surface area contributed by atoms with Crippen LogP contribution >= 0.6 is 0 Å². The van der Waals surface area contributed by atoms with Gasteiger partial charge in [0.2, 0.25) is 5.88 Å². The van der Waals surface area contributed by atoms with Crippen LogP contribution in [0, 0.1) is 0 Å². The molecule has 0 aliphatic rings. The lowest BCUT2D eigenvalue weighted by atomic mass is 10.4. The summed E-state index contributed by atoms with van der Waals surface area (Å²) in [4.78, 5) is 4.09. The summed E-state index contributed by atoms with van der Waals surface area (Å²) in [7, 11) is 0. The zero-order valence-electron chi connectivity index (χ0n) is 9.34. The van der Waals surface area contributed by atoms with Gasteiger partial charge in [0.25, 0.3) is 0 Å². The monoisotopic (exact) mass is 224 g/mol. The number of hydrogen-bond donors (Lipinski definition) is 3. The molecule has 0 saturated heterocycles. The van der Waals surface area contributed by atoms with E-state index in [4.69, 9.17) is 15.7 Å². The second kappa shape index (κ2) is 5.79. The summed E-state index contributed by atoms with van der Waals surface area (Å²) in [6.45, 7) is 4.07. The smallest absolute Gasteiger partial charge is 0.237 e. The molecule has 0 aliphatic carbocycles. The van der Waals surface area contributed by atoms with Gasteiger partial charge in [0.05, 0.1) is 18.3 Å². The van der Waals surface area contributed by atoms with E-state index in [9.17, 15) is 0 Å². The lowest BCUT2D eigenvalue weighted by Gasteiger charge is -2.13. The van der Waals surface area contributed by atoms with E-state index in [1.54, 1.807) is 12.3 Å². The average molecular weight is 224 g/mol. The number of pyridine rings is 1. The number of anilines is 1. The number of amidine groups is 1. The van der Waals surface area contributed by atoms with Crippen molar-refractivity contribution < 1.29 is 9.94 Å². The molecule has 16 heavy (non-hydrogen) atoms. The first-order valence-electron chi connectivity index (χ1n) is 4.95. The number of oxime groups is 1. The molecule has 0 spiro atoms. The van der Waals surface area contributed by atoms with E-state index in [2.05, 4.69) is 15.5 Å². The van der Waals surface area contributed by atoms with Crippen LogP contribution in [0.2, 0.25) is 0 Å². The molecule has 0 radical (unpaired) electrons. The fourth-order valence-electron chi connectivity index (χ4n) is 1.06. The van der Waals surface area contributed by atoms with Gasteiger partial charge in [0, 0.05) is 6.20 Å². The van der Waals surface area contributed by atoms with Gasteiger partial charge < -0.3 is 21.0 Å². The Kier molecular flexibility index (Phi) is 4.38. The Morgan fingerprint density at radius 3 is 3.06 bits per heavy atom. The molecule has 4 N–H and O–H groups in total. The molecule has 0 fully saturated rings. The van der Waals surface area contributed by atoms with Crippen LogP contribution in [0.5, 0.6) is 5.88 Å². The highest BCUT2D eigenvalue weighted by Crippen LogP contribution is 2.21. The van der Waals surface area contributed by atoms with Crippen LogP contribution in [0.3, 0.4) is 0 Å². The molecule has 1 rings (SSSR count). The lowest BCUT2D eigenvalue weighted by Crippen LogP contribution is -2.23. The molecule has 0 bridgehead atoms. The van der Waals surface area contributed by atoms with Gasteiger partial charge in [-0.25, -0.2) is 4.98 Å². The highest BCUT2D eigenvalue weighted by molar-refractivity contribution is 5.84. The lowest BCUT2D eigenvalue weighted by molar-refractivity contribution is 0.234. The van der Waals surface area contributed by atoms with Crippen LogP contribution in [0.4, 0.5) is 5.69 Å². The largest absolute Gasteiger partial charge is 0.473 e. The van der Waals surface area contributed by atoms with Crippen LogP contribution in [-0.2, 0) is 0 Å². The van der Waals surface area contributed by atoms with Crippen molar-refractivity contribution in [1.82, 2.24) is 4.98 Å². The van der Waals surface area contributed by atoms with E-state index in [1.165, 1.54) is 0 Å². The van der Waals surface area contributed by atoms with Crippen molar-refractivity contribution in [3.63, 3.8) is 0 Å². The molecule has 0 aliphatic heterocycles. The minimum Gasteiger partial charge on any atom is -0.473 e. The molecule has 6 nitrogen and oxygen atoms in total. The fourth-order valence-corrected chi connectivity index (χ4v) is 1.06. The van der Waals surface area contributed by atoms with Crippen LogP contribution in [0.15, 0.2) is 23.5 Å². The molecular weight excluding hydrogens is 208 g/mol. The second-order valence-electron chi connectivity index (χ2n) is 3.47. The van der Waals surface area contributed by atoms with E-state index in [-0.39, 0.29) is 18.5 Å². The SMILES string of the molecule is CC(C)Oc1ncccc1NCC(N)=NO. The third kappa shape index (κ3) is 3.64. The van der Waals surface area contributed by atoms with Crippen LogP contribution in [0.25, 0.3) is 0 Å². The molecule has 1 aromatic heterocycles. The summed E-state index contributed by atoms with van der Waals surface area (Å²) in [5, 5.41) is 14.2. The van der Waals surface area contributed by atoms with E-state index in [0.29, 0.717) is 11.6 Å². The molecule has 1 aromatic rings. The van der Waals surface area contributed by atoms with Crippen LogP contribution in [-0.4, -0.2) is 28.7 Å². The highest BCUT2D eigenvalue weighted by Gasteiger charge is 2.06. The minimum absolute atomic E-state index is 0.0410. The van der Waals surface area contributed by atoms with E-state index < -0.39 is 0 Å². The average Bonchev–Trinajstić information content (AvgIpc) is 2.26. The Hall–Kier alpha value is -1.98. The third-order valence-corrected chi connectivity index (χ3v) is 1.71. The number of nitrogens with two attached hydrogens (primary N) is 1. The summed E-state index contributed by atoms with van der Waals surface area (Å²) in [6, 6.07) is 3.59. The van der Waals surface area contributed by atoms with Gasteiger partial charge in [-0.05, 0) is 26.0 Å². The van der Waals surface area contributed by atoms with Crippen molar-refractivity contribution in [1.29, 1.82) is 0 Å². The van der Waals surface area contributed by atoms with Gasteiger partial charge in [-0.1, -0.05) is 5.16 Å². The number of rotatable bonds is 5. The number of hydrogen-bond acceptors (Lipinski definition) is 5. The first-order valence-corrected chi connectivity index (χ1v) is 4.95. The van der Waals surface area contributed by atoms with Gasteiger partial charge in [0.1, 0.15) is 0 Å². The number of nitrogens with zero attached hydrogens (tertiary/aromatic N) is 2. The zero-order chi connectivity index (χ0) is 12.0. The predicted octanol–water partition coefficient (Wildman–Crippen LogP) is 1.03. The Morgan fingerprint density at radius 1 is 1.69 bits per heavy atom. The fraction of sp³-hybridized carbons (Fsp3) is 0.400. The van der Waals surface area contributed by atoms with Gasteiger partial charge >= 0.3 is 0 Å². The van der Waals surface area contributed by atoms with Crippen molar-refractivity contribution in [2.75, 3.05) is 11.9 Å². The summed E-state index contributed by atoms with van der Waals surface area (Å²) in [6.07, 6.45) is 1.69. The van der Waals surface area contributed by atoms with Crippen LogP contribution < -0.4 is 15.8 Å². The predicted molar refractivity (Wildman–Crippen MR) is 61.9 cm³/mol. The van der Waals surface area contributed by atoms with Gasteiger partial charge in [-0.2, -0.15) is 0 Å². The Balaban J connectivity index is 2.71. The molecule has 0 saturated carbocycles. The third-order valence-electron chi connectivity index (χ3n) is 1.71. The van der Waals surface area contributed by atoms with Gasteiger partial charge in [-0.3, -0.25) is 0 Å². The standard InChI is InChI=1S/C10H16N4O2/c1-7(2)16-10-8(4-3-5-12-10)13-6-9(11)14-15/h3-5,7,13,15H,6H2,1-2H3,(H2,11,14). The minimum atomic E-state index is 0.0410. The van der Waals surface area contributed by atoms with Crippen molar-refractivity contribution in [3.05, 3.63) is 18.3 Å². The molecule has 1 heterocycles. The first kappa shape index (κ1) is 12.1. The zero-order valence-corrected chi connectivity index (χ0v) is 9.34. The van der Waals surface area contributed by atoms with Gasteiger partial charge in [0.15, 0.2) is 5.84 Å². The molecule has 6 heteroatoms. The summed E-state index contributed by atoms with van der Waals surface area (Å²) < 4.78 is 5.49. The highest BCUT2D eigenvalue weighted by atomic mass is 16.5. The molecule has 0 aromatic carbocycles. The Morgan fingerprint density at radius 2 is 2.44 bits per heavy atom. The maximum atomic E-state index is 8.40. The topological polar surface area (TPSA) is 92.8 Å². The van der Waals surface area contributed by atoms with Crippen molar-refractivity contribution in [3.8, 4) is 5.88 Å². The molecule has 0 unspecified atom stereocenters. The Bertz CT molecular complexity index is 366. The maximum absolute atomic E-state index is 8.40. The molecule has 0 amide bonds. The summed E-state index contributed by atoms with van der Waals surface area (Å²) >= 11 is 0. The maximum Gasteiger partial charge on any atom is 0.237 e. The molecule has 88 valence electrons.